The van der Waals surface area contributed by atoms with Crippen molar-refractivity contribution in [2.75, 3.05) is 27.2 Å². The standard InChI is InChI=1S/C14H21ClN2O/c1-16-7-5-13(6-8-16)17(2)10-11-3-4-12(15)9-14(11)18/h3-4,9,13,18H,5-8,10H2,1-2H3. The Morgan fingerprint density at radius 3 is 2.67 bits per heavy atom. The first kappa shape index (κ1) is 13.7. The second-order valence-corrected chi connectivity index (χ2v) is 5.66. The van der Waals surface area contributed by atoms with E-state index in [2.05, 4.69) is 23.9 Å². The van der Waals surface area contributed by atoms with Crippen LogP contribution < -0.4 is 0 Å². The summed E-state index contributed by atoms with van der Waals surface area (Å²) in [7, 11) is 4.30. The monoisotopic (exact) mass is 268 g/mol. The van der Waals surface area contributed by atoms with Gasteiger partial charge in [-0.2, -0.15) is 0 Å². The van der Waals surface area contributed by atoms with E-state index in [1.165, 1.54) is 12.8 Å². The fraction of sp³-hybridized carbons (Fsp3) is 0.571. The third-order valence-corrected chi connectivity index (χ3v) is 4.01. The van der Waals surface area contributed by atoms with E-state index >= 15 is 0 Å². The van der Waals surface area contributed by atoms with Crippen LogP contribution >= 0.6 is 11.6 Å². The number of aromatic hydroxyl groups is 1. The molecular formula is C14H21ClN2O. The topological polar surface area (TPSA) is 26.7 Å². The Kier molecular flexibility index (Phi) is 4.49. The molecular weight excluding hydrogens is 248 g/mol. The third-order valence-electron chi connectivity index (χ3n) is 3.78. The fourth-order valence-electron chi connectivity index (χ4n) is 2.50. The lowest BCUT2D eigenvalue weighted by Gasteiger charge is -2.35. The van der Waals surface area contributed by atoms with Crippen LogP contribution in [-0.4, -0.2) is 48.1 Å². The Bertz CT molecular complexity index is 403. The minimum Gasteiger partial charge on any atom is -0.508 e. The van der Waals surface area contributed by atoms with E-state index in [9.17, 15) is 5.11 Å². The summed E-state index contributed by atoms with van der Waals surface area (Å²) >= 11 is 5.84. The molecule has 1 aliphatic heterocycles. The van der Waals surface area contributed by atoms with Crippen LogP contribution in [0.15, 0.2) is 18.2 Å². The van der Waals surface area contributed by atoms with Gasteiger partial charge in [0.05, 0.1) is 0 Å². The Hall–Kier alpha value is -0.770. The van der Waals surface area contributed by atoms with Crippen LogP contribution in [0.5, 0.6) is 5.75 Å². The van der Waals surface area contributed by atoms with E-state index in [0.29, 0.717) is 16.8 Å². The van der Waals surface area contributed by atoms with E-state index in [1.807, 2.05) is 12.1 Å². The lowest BCUT2D eigenvalue weighted by Crippen LogP contribution is -2.41. The summed E-state index contributed by atoms with van der Waals surface area (Å²) < 4.78 is 0. The normalized spacial score (nSPS) is 18.4. The zero-order valence-corrected chi connectivity index (χ0v) is 11.8. The molecule has 1 saturated heterocycles. The third kappa shape index (κ3) is 3.37. The zero-order chi connectivity index (χ0) is 13.1. The van der Waals surface area contributed by atoms with Crippen LogP contribution in [0, 0.1) is 0 Å². The fourth-order valence-corrected chi connectivity index (χ4v) is 2.67. The minimum atomic E-state index is 0.294. The molecule has 0 aliphatic carbocycles. The second-order valence-electron chi connectivity index (χ2n) is 5.22. The van der Waals surface area contributed by atoms with E-state index < -0.39 is 0 Å². The first-order chi connectivity index (χ1) is 8.56. The Morgan fingerprint density at radius 1 is 1.39 bits per heavy atom. The molecule has 0 amide bonds. The summed E-state index contributed by atoms with van der Waals surface area (Å²) in [5.74, 6) is 0.294. The van der Waals surface area contributed by atoms with Crippen molar-refractivity contribution >= 4 is 11.6 Å². The van der Waals surface area contributed by atoms with Crippen molar-refractivity contribution < 1.29 is 5.11 Å². The molecule has 0 bridgehead atoms. The first-order valence-corrected chi connectivity index (χ1v) is 6.80. The van der Waals surface area contributed by atoms with Crippen LogP contribution in [-0.2, 0) is 6.54 Å². The molecule has 3 nitrogen and oxygen atoms in total. The molecule has 1 fully saturated rings. The van der Waals surface area contributed by atoms with Gasteiger partial charge in [0.15, 0.2) is 0 Å². The molecule has 0 spiro atoms. The smallest absolute Gasteiger partial charge is 0.121 e. The second kappa shape index (κ2) is 5.91. The molecule has 2 rings (SSSR count). The van der Waals surface area contributed by atoms with Crippen LogP contribution in [0.2, 0.25) is 5.02 Å². The van der Waals surface area contributed by atoms with Gasteiger partial charge in [-0.15, -0.1) is 0 Å². The number of phenols is 1. The lowest BCUT2D eigenvalue weighted by molar-refractivity contribution is 0.138. The maximum Gasteiger partial charge on any atom is 0.121 e. The first-order valence-electron chi connectivity index (χ1n) is 6.42. The van der Waals surface area contributed by atoms with Gasteiger partial charge in [0.25, 0.3) is 0 Å². The number of nitrogens with zero attached hydrogens (tertiary/aromatic N) is 2. The van der Waals surface area contributed by atoms with Crippen LogP contribution in [0.3, 0.4) is 0 Å². The Morgan fingerprint density at radius 2 is 2.06 bits per heavy atom. The van der Waals surface area contributed by atoms with Gasteiger partial charge in [0.1, 0.15) is 5.75 Å². The predicted molar refractivity (Wildman–Crippen MR) is 75.1 cm³/mol. The molecule has 0 aromatic heterocycles. The van der Waals surface area contributed by atoms with Gasteiger partial charge in [0.2, 0.25) is 0 Å². The van der Waals surface area contributed by atoms with Gasteiger partial charge >= 0.3 is 0 Å². The van der Waals surface area contributed by atoms with Gasteiger partial charge in [-0.25, -0.2) is 0 Å². The number of hydrogen-bond donors (Lipinski definition) is 1. The molecule has 18 heavy (non-hydrogen) atoms. The molecule has 1 N–H and O–H groups in total. The highest BCUT2D eigenvalue weighted by Crippen LogP contribution is 2.24. The number of likely N-dealkylation sites (tertiary alicyclic amines) is 1. The zero-order valence-electron chi connectivity index (χ0n) is 11.1. The van der Waals surface area contributed by atoms with E-state index in [-0.39, 0.29) is 0 Å². The van der Waals surface area contributed by atoms with Crippen LogP contribution in [0.1, 0.15) is 18.4 Å². The number of hydrogen-bond acceptors (Lipinski definition) is 3. The number of phenolic OH excluding ortho intramolecular Hbond substituents is 1. The highest BCUT2D eigenvalue weighted by Gasteiger charge is 2.21. The van der Waals surface area contributed by atoms with Crippen LogP contribution in [0.4, 0.5) is 0 Å². The Labute approximate surface area is 114 Å². The molecule has 1 aromatic rings. The van der Waals surface area contributed by atoms with E-state index in [1.54, 1.807) is 6.07 Å². The molecule has 0 atom stereocenters. The average Bonchev–Trinajstić information content (AvgIpc) is 2.33. The molecule has 0 unspecified atom stereocenters. The summed E-state index contributed by atoms with van der Waals surface area (Å²) in [5.41, 5.74) is 0.945. The number of rotatable bonds is 3. The molecule has 0 radical (unpaired) electrons. The molecule has 1 heterocycles. The van der Waals surface area contributed by atoms with Crippen molar-refractivity contribution in [2.24, 2.45) is 0 Å². The number of halogens is 1. The van der Waals surface area contributed by atoms with Gasteiger partial charge in [-0.3, -0.25) is 4.90 Å². The average molecular weight is 269 g/mol. The summed E-state index contributed by atoms with van der Waals surface area (Å²) in [6.45, 7) is 3.08. The highest BCUT2D eigenvalue weighted by atomic mass is 35.5. The van der Waals surface area contributed by atoms with Gasteiger partial charge in [-0.05, 0) is 52.2 Å². The van der Waals surface area contributed by atoms with Crippen molar-refractivity contribution in [1.29, 1.82) is 0 Å². The summed E-state index contributed by atoms with van der Waals surface area (Å²) in [6.07, 6.45) is 2.39. The molecule has 1 aromatic carbocycles. The summed E-state index contributed by atoms with van der Waals surface area (Å²) in [6, 6.07) is 5.96. The van der Waals surface area contributed by atoms with E-state index in [0.717, 1.165) is 25.2 Å². The van der Waals surface area contributed by atoms with Gasteiger partial charge < -0.3 is 10.0 Å². The lowest BCUT2D eigenvalue weighted by atomic mass is 10.0. The van der Waals surface area contributed by atoms with Crippen molar-refractivity contribution in [3.05, 3.63) is 28.8 Å². The minimum absolute atomic E-state index is 0.294. The van der Waals surface area contributed by atoms with Crippen molar-refractivity contribution in [3.63, 3.8) is 0 Å². The van der Waals surface area contributed by atoms with E-state index in [4.69, 9.17) is 11.6 Å². The highest BCUT2D eigenvalue weighted by molar-refractivity contribution is 6.30. The quantitative estimate of drug-likeness (QED) is 0.913. The van der Waals surface area contributed by atoms with Crippen molar-refractivity contribution in [3.8, 4) is 5.75 Å². The van der Waals surface area contributed by atoms with Crippen LogP contribution in [0.25, 0.3) is 0 Å². The molecule has 4 heteroatoms. The molecule has 0 saturated carbocycles. The number of benzene rings is 1. The summed E-state index contributed by atoms with van der Waals surface area (Å²) in [5, 5.41) is 10.4. The van der Waals surface area contributed by atoms with Crippen molar-refractivity contribution in [1.82, 2.24) is 9.80 Å². The maximum atomic E-state index is 9.86. The SMILES string of the molecule is CN1CCC(N(C)Cc2ccc(Cl)cc2O)CC1. The van der Waals surface area contributed by atoms with Crippen molar-refractivity contribution in [2.45, 2.75) is 25.4 Å². The molecule has 1 aliphatic rings. The number of piperidine rings is 1. The largest absolute Gasteiger partial charge is 0.508 e. The Balaban J connectivity index is 1.96. The maximum absolute atomic E-state index is 9.86. The molecule has 100 valence electrons. The predicted octanol–water partition coefficient (Wildman–Crippen LogP) is 2.57. The van der Waals surface area contributed by atoms with Gasteiger partial charge in [0, 0.05) is 23.2 Å². The van der Waals surface area contributed by atoms with Gasteiger partial charge in [-0.1, -0.05) is 17.7 Å². The summed E-state index contributed by atoms with van der Waals surface area (Å²) in [4.78, 5) is 4.69.